The fourth-order valence-electron chi connectivity index (χ4n) is 13.2. The largest absolute Gasteiger partial charge is 0.355 e. The highest BCUT2D eigenvalue weighted by atomic mass is 15.2. The van der Waals surface area contributed by atoms with Crippen LogP contribution in [-0.2, 0) is 5.41 Å². The maximum atomic E-state index is 4.02. The molecule has 1 radical (unpaired) electrons. The van der Waals surface area contributed by atoms with Gasteiger partial charge < -0.3 is 15.1 Å². The topological polar surface area (TPSA) is 18.5 Å². The molecule has 0 fully saturated rings. The summed E-state index contributed by atoms with van der Waals surface area (Å²) in [5.41, 5.74) is 31.0. The van der Waals surface area contributed by atoms with Gasteiger partial charge in [-0.15, -0.1) is 0 Å². The van der Waals surface area contributed by atoms with Crippen molar-refractivity contribution in [1.82, 2.24) is 0 Å². The van der Waals surface area contributed by atoms with E-state index in [0.717, 1.165) is 78.6 Å². The van der Waals surface area contributed by atoms with Crippen molar-refractivity contribution in [2.45, 2.75) is 26.2 Å². The molecule has 1 aliphatic carbocycles. The molecule has 0 aromatic heterocycles. The summed E-state index contributed by atoms with van der Waals surface area (Å²) in [6, 6.07) is 113. The number of nitrogens with zero attached hydrogens (tertiary/aromatic N) is 2. The van der Waals surface area contributed by atoms with E-state index in [1.807, 2.05) is 0 Å². The van der Waals surface area contributed by atoms with Crippen LogP contribution in [-0.4, -0.2) is 7.28 Å². The molecule has 15 rings (SSSR count). The van der Waals surface area contributed by atoms with Crippen molar-refractivity contribution in [1.29, 1.82) is 0 Å². The smallest absolute Gasteiger partial charge is 0.198 e. The van der Waals surface area contributed by atoms with Crippen LogP contribution in [0.1, 0.15) is 30.5 Å². The SMILES string of the molecule is Cc1cc(-c2ccccc2)ccc1N1c2ccc(N(c3ccc(-c4ccccc4)cc3)c3ccc(-c4ccccc4)cc3)cc2[B]c2c(-c3cc(-c4ccccc4)ccc3Nc3cccc(-c4ccccc4)c3)cc3c(c21)-c1ccccc1C3(C)C. The average molecular weight is 1100 g/mol. The van der Waals surface area contributed by atoms with Crippen molar-refractivity contribution in [3.63, 3.8) is 0 Å². The predicted molar refractivity (Wildman–Crippen MR) is 365 cm³/mol. The van der Waals surface area contributed by atoms with Gasteiger partial charge >= 0.3 is 0 Å². The van der Waals surface area contributed by atoms with Crippen LogP contribution in [0.3, 0.4) is 0 Å². The van der Waals surface area contributed by atoms with Gasteiger partial charge in [-0.25, -0.2) is 0 Å². The molecule has 4 heteroatoms. The van der Waals surface area contributed by atoms with Gasteiger partial charge in [0.05, 0.1) is 0 Å². The van der Waals surface area contributed by atoms with Crippen LogP contribution >= 0.6 is 0 Å². The maximum Gasteiger partial charge on any atom is 0.198 e. The molecule has 1 heterocycles. The Hall–Kier alpha value is -10.7. The van der Waals surface area contributed by atoms with E-state index in [1.165, 1.54) is 72.4 Å². The summed E-state index contributed by atoms with van der Waals surface area (Å²) < 4.78 is 0. The van der Waals surface area contributed by atoms with Gasteiger partial charge in [-0.3, -0.25) is 0 Å². The summed E-state index contributed by atoms with van der Waals surface area (Å²) >= 11 is 0. The molecule has 13 aromatic rings. The molecule has 0 amide bonds. The van der Waals surface area contributed by atoms with Gasteiger partial charge in [0, 0.05) is 62.0 Å². The van der Waals surface area contributed by atoms with E-state index in [-0.39, 0.29) is 5.41 Å². The summed E-state index contributed by atoms with van der Waals surface area (Å²) in [6.07, 6.45) is 0. The fraction of sp³-hybridized carbons (Fsp3) is 0.0488. The standard InChI is InChI=1S/C82H61BN3/c1-55-50-64(59-28-15-7-16-29-59)41-48-77(55)86-78-49-46-69(85(67-42-36-61(37-43-67)56-22-9-4-10-23-56)68-44-38-62(39-45-68)57-24-11-5-12-25-57)53-75(78)83-80-72(54-74-79(81(80)86)70-34-19-20-35-73(70)82(74,2)3)71-52-65(60-30-17-8-18-31-60)40-47-76(71)84-66-33-21-32-63(51-66)58-26-13-6-14-27-58/h4-54,84H,1-3H3. The van der Waals surface area contributed by atoms with E-state index in [4.69, 9.17) is 0 Å². The molecule has 0 saturated carbocycles. The third-order valence-electron chi connectivity index (χ3n) is 17.6. The van der Waals surface area contributed by atoms with Crippen LogP contribution in [0.25, 0.3) is 77.9 Å². The molecule has 0 spiro atoms. The minimum atomic E-state index is -0.320. The summed E-state index contributed by atoms with van der Waals surface area (Å²) in [7, 11) is 2.49. The second-order valence-corrected chi connectivity index (χ2v) is 23.2. The molecule has 0 atom stereocenters. The molecule has 0 unspecified atom stereocenters. The number of aryl methyl sites for hydroxylation is 1. The minimum Gasteiger partial charge on any atom is -0.355 e. The molecular formula is C82H61BN3. The Morgan fingerprint density at radius 3 is 1.37 bits per heavy atom. The van der Waals surface area contributed by atoms with E-state index < -0.39 is 0 Å². The van der Waals surface area contributed by atoms with Crippen LogP contribution in [0.15, 0.2) is 309 Å². The number of hydrogen-bond acceptors (Lipinski definition) is 3. The van der Waals surface area contributed by atoms with E-state index in [2.05, 4.69) is 353 Å². The zero-order valence-electron chi connectivity index (χ0n) is 48.4. The van der Waals surface area contributed by atoms with Gasteiger partial charge in [-0.05, 0) is 181 Å². The first kappa shape index (κ1) is 52.2. The minimum absolute atomic E-state index is 0.320. The first-order valence-corrected chi connectivity index (χ1v) is 29.8. The Balaban J connectivity index is 0.976. The Labute approximate surface area is 506 Å². The highest BCUT2D eigenvalue weighted by Crippen LogP contribution is 2.56. The van der Waals surface area contributed by atoms with Crippen LogP contribution in [0.4, 0.5) is 45.5 Å². The molecule has 3 nitrogen and oxygen atoms in total. The summed E-state index contributed by atoms with van der Waals surface area (Å²) in [6.45, 7) is 7.10. The van der Waals surface area contributed by atoms with Gasteiger partial charge in [0.15, 0.2) is 7.28 Å². The second-order valence-electron chi connectivity index (χ2n) is 23.2. The fourth-order valence-corrected chi connectivity index (χ4v) is 13.2. The molecule has 0 saturated heterocycles. The zero-order valence-corrected chi connectivity index (χ0v) is 48.4. The van der Waals surface area contributed by atoms with E-state index in [0.29, 0.717) is 0 Å². The summed E-state index contributed by atoms with van der Waals surface area (Å²) in [5.74, 6) is 0. The molecule has 407 valence electrons. The van der Waals surface area contributed by atoms with E-state index in [1.54, 1.807) is 0 Å². The lowest BCUT2D eigenvalue weighted by molar-refractivity contribution is 0.661. The van der Waals surface area contributed by atoms with E-state index >= 15 is 0 Å². The van der Waals surface area contributed by atoms with Crippen LogP contribution in [0, 0.1) is 6.92 Å². The molecular weight excluding hydrogens is 1040 g/mol. The van der Waals surface area contributed by atoms with Crippen LogP contribution in [0.5, 0.6) is 0 Å². The Kier molecular flexibility index (Phi) is 13.2. The van der Waals surface area contributed by atoms with Gasteiger partial charge in [0.2, 0.25) is 0 Å². The highest BCUT2D eigenvalue weighted by molar-refractivity contribution is 6.73. The number of nitrogens with one attached hydrogen (secondary N) is 1. The number of benzene rings is 13. The van der Waals surface area contributed by atoms with Gasteiger partial charge in [-0.1, -0.05) is 244 Å². The first-order chi connectivity index (χ1) is 42.3. The van der Waals surface area contributed by atoms with Crippen LogP contribution < -0.4 is 26.0 Å². The van der Waals surface area contributed by atoms with Crippen molar-refractivity contribution < 1.29 is 0 Å². The number of fused-ring (bicyclic) bond motifs is 6. The first-order valence-electron chi connectivity index (χ1n) is 29.8. The lowest BCUT2D eigenvalue weighted by Crippen LogP contribution is -2.42. The lowest BCUT2D eigenvalue weighted by atomic mass is 9.57. The number of hydrogen-bond donors (Lipinski definition) is 1. The molecule has 13 aromatic carbocycles. The molecule has 1 aliphatic heterocycles. The quantitative estimate of drug-likeness (QED) is 0.123. The predicted octanol–water partition coefficient (Wildman–Crippen LogP) is 21.0. The molecule has 0 bridgehead atoms. The van der Waals surface area contributed by atoms with Gasteiger partial charge in [-0.2, -0.15) is 0 Å². The molecule has 86 heavy (non-hydrogen) atoms. The molecule has 2 aliphatic rings. The lowest BCUT2D eigenvalue weighted by Gasteiger charge is -2.39. The van der Waals surface area contributed by atoms with Gasteiger partial charge in [0.1, 0.15) is 0 Å². The zero-order chi connectivity index (χ0) is 57.7. The van der Waals surface area contributed by atoms with E-state index in [9.17, 15) is 0 Å². The van der Waals surface area contributed by atoms with Crippen LogP contribution in [0.2, 0.25) is 0 Å². The monoisotopic (exact) mass is 1100 g/mol. The van der Waals surface area contributed by atoms with Gasteiger partial charge in [0.25, 0.3) is 0 Å². The van der Waals surface area contributed by atoms with Crippen molar-refractivity contribution in [3.8, 4) is 77.9 Å². The normalized spacial score (nSPS) is 12.5. The third-order valence-corrected chi connectivity index (χ3v) is 17.6. The van der Waals surface area contributed by atoms with Crippen molar-refractivity contribution in [3.05, 3.63) is 326 Å². The van der Waals surface area contributed by atoms with Crippen molar-refractivity contribution in [2.75, 3.05) is 15.1 Å². The van der Waals surface area contributed by atoms with Crippen molar-refractivity contribution >= 4 is 63.7 Å². The summed E-state index contributed by atoms with van der Waals surface area (Å²) in [4.78, 5) is 5.01. The third kappa shape index (κ3) is 9.46. The number of rotatable bonds is 12. The van der Waals surface area contributed by atoms with Crippen molar-refractivity contribution in [2.24, 2.45) is 0 Å². The Morgan fingerprint density at radius 2 is 0.802 bits per heavy atom. The average Bonchev–Trinajstić information content (AvgIpc) is 1.48. The number of anilines is 8. The Morgan fingerprint density at radius 1 is 0.349 bits per heavy atom. The second kappa shape index (κ2) is 21.8. The highest BCUT2D eigenvalue weighted by Gasteiger charge is 2.42. The maximum absolute atomic E-state index is 4.02. The molecule has 1 N–H and O–H groups in total. The summed E-state index contributed by atoms with van der Waals surface area (Å²) in [5, 5.41) is 4.02. The Bertz CT molecular complexity index is 4550.